The quantitative estimate of drug-likeness (QED) is 0.637. The van der Waals surface area contributed by atoms with Gasteiger partial charge < -0.3 is 19.7 Å². The van der Waals surface area contributed by atoms with Gasteiger partial charge in [0.1, 0.15) is 11.5 Å². The van der Waals surface area contributed by atoms with Crippen LogP contribution >= 0.6 is 0 Å². The van der Waals surface area contributed by atoms with Gasteiger partial charge in [0.15, 0.2) is 11.5 Å². The Morgan fingerprint density at radius 3 is 2.89 bits per heavy atom. The molecule has 0 aromatic carbocycles. The summed E-state index contributed by atoms with van der Waals surface area (Å²) in [6.45, 7) is 2.57. The fourth-order valence-corrected chi connectivity index (χ4v) is 3.12. The van der Waals surface area contributed by atoms with Crippen molar-refractivity contribution in [3.8, 4) is 11.5 Å². The molecule has 4 heterocycles. The van der Waals surface area contributed by atoms with E-state index in [1.165, 1.54) is 0 Å². The summed E-state index contributed by atoms with van der Waals surface area (Å²) in [7, 11) is 0. The van der Waals surface area contributed by atoms with Crippen molar-refractivity contribution in [2.45, 2.75) is 25.5 Å². The fraction of sp³-hybridized carbons (Fsp3) is 0.333. The van der Waals surface area contributed by atoms with E-state index in [0.29, 0.717) is 36.1 Å². The number of aromatic amines is 1. The van der Waals surface area contributed by atoms with E-state index in [1.807, 2.05) is 19.1 Å². The molecule has 3 aromatic rings. The number of aliphatic hydroxyl groups is 1. The smallest absolute Gasteiger partial charge is 0.274 e. The van der Waals surface area contributed by atoms with Crippen LogP contribution in [0.25, 0.3) is 11.5 Å². The number of nitrogens with zero attached hydrogens (tertiary/aromatic N) is 4. The maximum atomic E-state index is 12.7. The fourth-order valence-electron chi connectivity index (χ4n) is 3.12. The van der Waals surface area contributed by atoms with E-state index >= 15 is 0 Å². The molecule has 9 nitrogen and oxygen atoms in total. The van der Waals surface area contributed by atoms with Gasteiger partial charge in [0.2, 0.25) is 5.95 Å². The highest BCUT2D eigenvalue weighted by Crippen LogP contribution is 2.22. The van der Waals surface area contributed by atoms with Gasteiger partial charge >= 0.3 is 0 Å². The van der Waals surface area contributed by atoms with E-state index in [0.717, 1.165) is 5.76 Å². The molecule has 27 heavy (non-hydrogen) atoms. The number of anilines is 1. The highest BCUT2D eigenvalue weighted by Gasteiger charge is 2.32. The van der Waals surface area contributed by atoms with Crippen LogP contribution in [0.2, 0.25) is 0 Å². The van der Waals surface area contributed by atoms with E-state index in [2.05, 4.69) is 25.5 Å². The first-order valence-corrected chi connectivity index (χ1v) is 8.73. The predicted molar refractivity (Wildman–Crippen MR) is 97.0 cm³/mol. The van der Waals surface area contributed by atoms with Gasteiger partial charge in [-0.15, -0.1) is 0 Å². The zero-order valence-electron chi connectivity index (χ0n) is 14.8. The number of β-amino-alcohol motifs (C(OH)–C–C–N with tert-alkyl or cyclic N) is 1. The first-order chi connectivity index (χ1) is 13.1. The highest BCUT2D eigenvalue weighted by atomic mass is 16.3. The third-order valence-electron chi connectivity index (χ3n) is 4.55. The van der Waals surface area contributed by atoms with Crippen LogP contribution in [-0.4, -0.2) is 61.3 Å². The summed E-state index contributed by atoms with van der Waals surface area (Å²) >= 11 is 0. The summed E-state index contributed by atoms with van der Waals surface area (Å²) in [6, 6.07) is 6.85. The Morgan fingerprint density at radius 1 is 1.37 bits per heavy atom. The summed E-state index contributed by atoms with van der Waals surface area (Å²) in [6.07, 6.45) is 3.13. The van der Waals surface area contributed by atoms with E-state index in [4.69, 9.17) is 4.42 Å². The number of amides is 1. The third kappa shape index (κ3) is 3.68. The van der Waals surface area contributed by atoms with Gasteiger partial charge in [-0.3, -0.25) is 9.89 Å². The lowest BCUT2D eigenvalue weighted by Crippen LogP contribution is -2.51. The number of hydrogen-bond acceptors (Lipinski definition) is 7. The van der Waals surface area contributed by atoms with Crippen molar-refractivity contribution < 1.29 is 14.3 Å². The van der Waals surface area contributed by atoms with E-state index in [9.17, 15) is 9.90 Å². The number of furan rings is 1. The molecular weight excluding hydrogens is 348 g/mol. The number of carbonyl (C=O) groups is 1. The van der Waals surface area contributed by atoms with Crippen LogP contribution in [0, 0.1) is 6.92 Å². The highest BCUT2D eigenvalue weighted by molar-refractivity contribution is 5.93. The Balaban J connectivity index is 1.40. The Morgan fingerprint density at radius 2 is 2.19 bits per heavy atom. The average Bonchev–Trinajstić information content (AvgIpc) is 3.33. The van der Waals surface area contributed by atoms with Crippen LogP contribution in [0.4, 0.5) is 5.95 Å². The molecule has 1 saturated heterocycles. The molecule has 1 amide bonds. The molecule has 3 N–H and O–H groups in total. The molecule has 0 unspecified atom stereocenters. The monoisotopic (exact) mass is 368 g/mol. The van der Waals surface area contributed by atoms with Crippen molar-refractivity contribution in [1.82, 2.24) is 25.1 Å². The van der Waals surface area contributed by atoms with Crippen LogP contribution in [0.1, 0.15) is 22.7 Å². The minimum Gasteiger partial charge on any atom is -0.460 e. The third-order valence-corrected chi connectivity index (χ3v) is 4.55. The topological polar surface area (TPSA) is 120 Å². The summed E-state index contributed by atoms with van der Waals surface area (Å²) in [5, 5.41) is 20.5. The second kappa shape index (κ2) is 7.20. The van der Waals surface area contributed by atoms with Gasteiger partial charge in [0, 0.05) is 31.5 Å². The average molecular weight is 368 g/mol. The van der Waals surface area contributed by atoms with Crippen molar-refractivity contribution in [2.24, 2.45) is 0 Å². The van der Waals surface area contributed by atoms with Crippen molar-refractivity contribution in [1.29, 1.82) is 0 Å². The number of likely N-dealkylation sites (tertiary alicyclic amines) is 1. The van der Waals surface area contributed by atoms with Gasteiger partial charge in [-0.05, 0) is 31.5 Å². The first kappa shape index (κ1) is 17.2. The van der Waals surface area contributed by atoms with Gasteiger partial charge in [-0.25, -0.2) is 9.97 Å². The summed E-state index contributed by atoms with van der Waals surface area (Å²) in [5.41, 5.74) is 0.939. The van der Waals surface area contributed by atoms with Crippen LogP contribution < -0.4 is 5.32 Å². The van der Waals surface area contributed by atoms with Crippen molar-refractivity contribution in [2.75, 3.05) is 18.4 Å². The lowest BCUT2D eigenvalue weighted by Gasteiger charge is -2.35. The van der Waals surface area contributed by atoms with Crippen molar-refractivity contribution >= 4 is 11.9 Å². The van der Waals surface area contributed by atoms with Gasteiger partial charge in [0.05, 0.1) is 12.1 Å². The van der Waals surface area contributed by atoms with Gasteiger partial charge in [0.25, 0.3) is 5.91 Å². The Bertz CT molecular complexity index is 922. The number of H-pyrrole nitrogens is 1. The number of aryl methyl sites for hydroxylation is 1. The maximum absolute atomic E-state index is 12.7. The molecule has 2 atom stereocenters. The minimum atomic E-state index is -0.724. The van der Waals surface area contributed by atoms with Crippen LogP contribution in [0.5, 0.6) is 0 Å². The molecule has 4 rings (SSSR count). The number of hydrogen-bond donors (Lipinski definition) is 3. The number of aromatic nitrogens is 4. The molecule has 1 fully saturated rings. The normalized spacial score (nSPS) is 19.9. The maximum Gasteiger partial charge on any atom is 0.274 e. The van der Waals surface area contributed by atoms with E-state index in [1.54, 1.807) is 29.4 Å². The number of carbonyl (C=O) groups excluding carboxylic acids is 1. The number of rotatable bonds is 4. The molecule has 0 saturated carbocycles. The summed E-state index contributed by atoms with van der Waals surface area (Å²) < 4.78 is 5.54. The Kier molecular flexibility index (Phi) is 4.59. The summed E-state index contributed by atoms with van der Waals surface area (Å²) in [4.78, 5) is 22.5. The largest absolute Gasteiger partial charge is 0.460 e. The molecule has 0 bridgehead atoms. The van der Waals surface area contributed by atoms with Crippen molar-refractivity contribution in [3.05, 3.63) is 48.1 Å². The Hall–Kier alpha value is -3.20. The molecule has 9 heteroatoms. The summed E-state index contributed by atoms with van der Waals surface area (Å²) in [5.74, 6) is 1.65. The molecule has 0 aliphatic carbocycles. The number of piperidine rings is 1. The van der Waals surface area contributed by atoms with Crippen LogP contribution in [-0.2, 0) is 0 Å². The lowest BCUT2D eigenvalue weighted by atomic mass is 10.0. The molecule has 0 spiro atoms. The van der Waals surface area contributed by atoms with E-state index < -0.39 is 6.10 Å². The SMILES string of the molecule is Cc1ccc(-c2cc(C(=O)N3CC[C@@H](Nc4ncccn4)[C@H](O)C3)n[nH]2)o1. The molecule has 1 aliphatic rings. The zero-order valence-corrected chi connectivity index (χ0v) is 14.8. The van der Waals surface area contributed by atoms with Crippen LogP contribution in [0.15, 0.2) is 41.1 Å². The molecule has 3 aromatic heterocycles. The second-order valence-corrected chi connectivity index (χ2v) is 6.51. The first-order valence-electron chi connectivity index (χ1n) is 8.73. The minimum absolute atomic E-state index is 0.211. The standard InChI is InChI=1S/C18H20N6O3/c1-11-3-4-16(27-11)13-9-14(23-22-13)17(26)24-8-5-12(15(25)10-24)21-18-19-6-2-7-20-18/h2-4,6-7,9,12,15,25H,5,8,10H2,1H3,(H,22,23)(H,19,20,21)/t12-,15-/m1/s1. The molecular formula is C18H20N6O3. The predicted octanol–water partition coefficient (Wildman–Crippen LogP) is 1.46. The van der Waals surface area contributed by atoms with Gasteiger partial charge in [-0.2, -0.15) is 5.10 Å². The van der Waals surface area contributed by atoms with E-state index in [-0.39, 0.29) is 18.5 Å². The number of nitrogens with one attached hydrogen (secondary N) is 2. The lowest BCUT2D eigenvalue weighted by molar-refractivity contribution is 0.0421. The van der Waals surface area contributed by atoms with Gasteiger partial charge in [-0.1, -0.05) is 0 Å². The van der Waals surface area contributed by atoms with Crippen molar-refractivity contribution in [3.63, 3.8) is 0 Å². The number of aliphatic hydroxyl groups excluding tert-OH is 1. The molecule has 1 aliphatic heterocycles. The van der Waals surface area contributed by atoms with Crippen LogP contribution in [0.3, 0.4) is 0 Å². The zero-order chi connectivity index (χ0) is 18.8. The Labute approximate surface area is 155 Å². The molecule has 140 valence electrons. The molecule has 0 radical (unpaired) electrons. The second-order valence-electron chi connectivity index (χ2n) is 6.51.